The first-order valence-corrected chi connectivity index (χ1v) is 6.71. The Bertz CT molecular complexity index is 574. The molecule has 1 unspecified atom stereocenters. The summed E-state index contributed by atoms with van der Waals surface area (Å²) in [7, 11) is 0. The van der Waals surface area contributed by atoms with E-state index >= 15 is 0 Å². The molecular weight excluding hydrogens is 309 g/mol. The first-order valence-electron chi connectivity index (χ1n) is 5.91. The molecule has 1 heterocycles. The molecule has 0 amide bonds. The third-order valence-electron chi connectivity index (χ3n) is 2.93. The minimum Gasteiger partial charge on any atom is -0.271 e. The molecule has 3 nitrogen and oxygen atoms in total. The van der Waals surface area contributed by atoms with E-state index in [0.29, 0.717) is 6.42 Å². The monoisotopic (exact) mass is 323 g/mol. The topological polar surface area (TPSA) is 50.9 Å². The lowest BCUT2D eigenvalue weighted by molar-refractivity contribution is 0.545. The summed E-state index contributed by atoms with van der Waals surface area (Å²) in [5.74, 6) is 5.35. The molecule has 19 heavy (non-hydrogen) atoms. The van der Waals surface area contributed by atoms with E-state index in [2.05, 4.69) is 26.3 Å². The fraction of sp³-hybridized carbons (Fsp3) is 0.214. The molecule has 0 saturated carbocycles. The second-order valence-corrected chi connectivity index (χ2v) is 5.31. The van der Waals surface area contributed by atoms with E-state index < -0.39 is 0 Å². The van der Waals surface area contributed by atoms with Crippen LogP contribution >= 0.6 is 15.9 Å². The number of nitrogens with one attached hydrogen (secondary N) is 1. The summed E-state index contributed by atoms with van der Waals surface area (Å²) in [5, 5.41) is 0. The molecule has 0 bridgehead atoms. The Morgan fingerprint density at radius 2 is 2.16 bits per heavy atom. The second kappa shape index (κ2) is 6.23. The van der Waals surface area contributed by atoms with E-state index in [1.165, 1.54) is 12.1 Å². The number of nitrogens with two attached hydrogens (primary N) is 1. The van der Waals surface area contributed by atoms with Crippen LogP contribution in [0.25, 0.3) is 0 Å². The Balaban J connectivity index is 2.26. The van der Waals surface area contributed by atoms with E-state index in [0.717, 1.165) is 21.2 Å². The molecule has 0 saturated heterocycles. The quantitative estimate of drug-likeness (QED) is 0.671. The van der Waals surface area contributed by atoms with Crippen molar-refractivity contribution >= 4 is 15.9 Å². The first-order chi connectivity index (χ1) is 9.10. The first kappa shape index (κ1) is 14.1. The summed E-state index contributed by atoms with van der Waals surface area (Å²) in [5.41, 5.74) is 5.67. The minimum atomic E-state index is -0.253. The van der Waals surface area contributed by atoms with Crippen LogP contribution in [0.2, 0.25) is 0 Å². The normalized spacial score (nSPS) is 12.4. The van der Waals surface area contributed by atoms with Crippen LogP contribution in [0, 0.1) is 12.7 Å². The van der Waals surface area contributed by atoms with Crippen molar-refractivity contribution in [3.8, 4) is 0 Å². The molecular formula is C14H15BrFN3. The van der Waals surface area contributed by atoms with Crippen LogP contribution in [0.3, 0.4) is 0 Å². The molecule has 0 fully saturated rings. The van der Waals surface area contributed by atoms with Crippen LogP contribution in [0.5, 0.6) is 0 Å². The highest BCUT2D eigenvalue weighted by atomic mass is 79.9. The third-order valence-corrected chi connectivity index (χ3v) is 3.71. The average Bonchev–Trinajstić information content (AvgIpc) is 2.39. The molecule has 0 aliphatic heterocycles. The summed E-state index contributed by atoms with van der Waals surface area (Å²) in [6.45, 7) is 1.97. The third kappa shape index (κ3) is 3.59. The van der Waals surface area contributed by atoms with Crippen molar-refractivity contribution < 1.29 is 4.39 Å². The van der Waals surface area contributed by atoms with Gasteiger partial charge >= 0.3 is 0 Å². The fourth-order valence-electron chi connectivity index (χ4n) is 1.96. The molecule has 1 aromatic heterocycles. The summed E-state index contributed by atoms with van der Waals surface area (Å²) >= 11 is 3.42. The Labute approximate surface area is 120 Å². The van der Waals surface area contributed by atoms with Gasteiger partial charge in [-0.25, -0.2) is 4.39 Å². The van der Waals surface area contributed by atoms with Crippen LogP contribution in [-0.4, -0.2) is 4.98 Å². The van der Waals surface area contributed by atoms with E-state index in [9.17, 15) is 4.39 Å². The van der Waals surface area contributed by atoms with Crippen molar-refractivity contribution in [3.63, 3.8) is 0 Å². The standard InChI is InChI=1S/C14H15BrFN3/c1-9-4-11(8-18-7-9)14(19-17)6-10-5-12(16)2-3-13(10)15/h2-5,7-8,14,19H,6,17H2,1H3. The van der Waals surface area contributed by atoms with Crippen molar-refractivity contribution in [1.29, 1.82) is 0 Å². The number of pyridine rings is 1. The van der Waals surface area contributed by atoms with Crippen LogP contribution < -0.4 is 11.3 Å². The van der Waals surface area contributed by atoms with Gasteiger partial charge in [0, 0.05) is 16.9 Å². The van der Waals surface area contributed by atoms with Crippen LogP contribution in [-0.2, 0) is 6.42 Å². The van der Waals surface area contributed by atoms with E-state index in [1.54, 1.807) is 18.5 Å². The van der Waals surface area contributed by atoms with Gasteiger partial charge in [0.25, 0.3) is 0 Å². The van der Waals surface area contributed by atoms with E-state index in [1.807, 2.05) is 13.0 Å². The SMILES string of the molecule is Cc1cncc(C(Cc2cc(F)ccc2Br)NN)c1. The minimum absolute atomic E-state index is 0.106. The summed E-state index contributed by atoms with van der Waals surface area (Å²) in [4.78, 5) is 4.15. The fourth-order valence-corrected chi connectivity index (χ4v) is 2.37. The number of hydrazine groups is 1. The lowest BCUT2D eigenvalue weighted by Crippen LogP contribution is -2.29. The maximum Gasteiger partial charge on any atom is 0.123 e. The lowest BCUT2D eigenvalue weighted by Gasteiger charge is -2.17. The predicted molar refractivity (Wildman–Crippen MR) is 76.8 cm³/mol. The lowest BCUT2D eigenvalue weighted by atomic mass is 10.00. The maximum atomic E-state index is 13.3. The van der Waals surface area contributed by atoms with Gasteiger partial charge in [-0.1, -0.05) is 22.0 Å². The molecule has 0 aliphatic carbocycles. The average molecular weight is 324 g/mol. The molecule has 5 heteroatoms. The Morgan fingerprint density at radius 3 is 2.84 bits per heavy atom. The van der Waals surface area contributed by atoms with Crippen molar-refractivity contribution in [2.75, 3.05) is 0 Å². The zero-order chi connectivity index (χ0) is 13.8. The van der Waals surface area contributed by atoms with E-state index in [-0.39, 0.29) is 11.9 Å². The molecule has 1 aromatic carbocycles. The van der Waals surface area contributed by atoms with E-state index in [4.69, 9.17) is 5.84 Å². The number of aryl methyl sites for hydroxylation is 1. The molecule has 2 rings (SSSR count). The maximum absolute atomic E-state index is 13.3. The zero-order valence-corrected chi connectivity index (χ0v) is 12.1. The Kier molecular flexibility index (Phi) is 4.63. The number of hydrogen-bond donors (Lipinski definition) is 2. The number of rotatable bonds is 4. The van der Waals surface area contributed by atoms with Gasteiger partial charge in [-0.3, -0.25) is 16.3 Å². The summed E-state index contributed by atoms with van der Waals surface area (Å²) < 4.78 is 14.2. The number of halogens is 2. The second-order valence-electron chi connectivity index (χ2n) is 4.45. The summed E-state index contributed by atoms with van der Waals surface area (Å²) in [6.07, 6.45) is 4.14. The molecule has 100 valence electrons. The molecule has 0 radical (unpaired) electrons. The van der Waals surface area contributed by atoms with Crippen molar-refractivity contribution in [1.82, 2.24) is 10.4 Å². The highest BCUT2D eigenvalue weighted by Gasteiger charge is 2.13. The van der Waals surface area contributed by atoms with Gasteiger partial charge in [0.1, 0.15) is 5.82 Å². The van der Waals surface area contributed by atoms with Gasteiger partial charge in [-0.15, -0.1) is 0 Å². The highest BCUT2D eigenvalue weighted by molar-refractivity contribution is 9.10. The van der Waals surface area contributed by atoms with Gasteiger partial charge in [0.2, 0.25) is 0 Å². The molecule has 1 atom stereocenters. The van der Waals surface area contributed by atoms with Gasteiger partial charge < -0.3 is 0 Å². The number of hydrogen-bond acceptors (Lipinski definition) is 3. The largest absolute Gasteiger partial charge is 0.271 e. The van der Waals surface area contributed by atoms with Crippen molar-refractivity contribution in [2.45, 2.75) is 19.4 Å². The molecule has 0 aliphatic rings. The molecule has 2 aromatic rings. The van der Waals surface area contributed by atoms with Crippen LogP contribution in [0.1, 0.15) is 22.7 Å². The number of aromatic nitrogens is 1. The van der Waals surface area contributed by atoms with Crippen LogP contribution in [0.4, 0.5) is 4.39 Å². The number of benzene rings is 1. The molecule has 3 N–H and O–H groups in total. The van der Waals surface area contributed by atoms with Gasteiger partial charge in [-0.05, 0) is 48.2 Å². The van der Waals surface area contributed by atoms with Gasteiger partial charge in [0.05, 0.1) is 6.04 Å². The summed E-state index contributed by atoms with van der Waals surface area (Å²) in [6, 6.07) is 6.55. The zero-order valence-electron chi connectivity index (χ0n) is 10.5. The smallest absolute Gasteiger partial charge is 0.123 e. The highest BCUT2D eigenvalue weighted by Crippen LogP contribution is 2.24. The predicted octanol–water partition coefficient (Wildman–Crippen LogP) is 3.04. The number of nitrogens with zero attached hydrogens (tertiary/aromatic N) is 1. The van der Waals surface area contributed by atoms with Crippen LogP contribution in [0.15, 0.2) is 41.1 Å². The Morgan fingerprint density at radius 1 is 1.37 bits per heavy atom. The van der Waals surface area contributed by atoms with Crippen molar-refractivity contribution in [3.05, 3.63) is 63.6 Å². The Hall–Kier alpha value is -1.30. The molecule has 0 spiro atoms. The van der Waals surface area contributed by atoms with Crippen molar-refractivity contribution in [2.24, 2.45) is 5.84 Å². The van der Waals surface area contributed by atoms with Gasteiger partial charge in [-0.2, -0.15) is 0 Å². The van der Waals surface area contributed by atoms with Gasteiger partial charge in [0.15, 0.2) is 0 Å².